The van der Waals surface area contributed by atoms with Gasteiger partial charge >= 0.3 is 0 Å². The maximum atomic E-state index is 9.97. The van der Waals surface area contributed by atoms with Crippen LogP contribution >= 0.6 is 0 Å². The van der Waals surface area contributed by atoms with Crippen molar-refractivity contribution in [2.45, 2.75) is 0 Å². The molecule has 0 saturated heterocycles. The van der Waals surface area contributed by atoms with E-state index in [0.29, 0.717) is 11.1 Å². The monoisotopic (exact) mass is 548 g/mol. The van der Waals surface area contributed by atoms with E-state index in [2.05, 4.69) is 0 Å². The predicted octanol–water partition coefficient (Wildman–Crippen LogP) is 11.8. The zero-order valence-corrected chi connectivity index (χ0v) is 21.9. The van der Waals surface area contributed by atoms with Gasteiger partial charge in [-0.05, 0) is 95.0 Å². The highest BCUT2D eigenvalue weighted by molar-refractivity contribution is 6.22. The van der Waals surface area contributed by atoms with Gasteiger partial charge in [-0.15, -0.1) is 0 Å². The van der Waals surface area contributed by atoms with E-state index in [1.807, 2.05) is 24.3 Å². The van der Waals surface area contributed by atoms with Crippen molar-refractivity contribution in [2.24, 2.45) is 0 Å². The summed E-state index contributed by atoms with van der Waals surface area (Å²) in [5.74, 6) is 0. The van der Waals surface area contributed by atoms with Crippen LogP contribution in [-0.4, -0.2) is 0 Å². The van der Waals surface area contributed by atoms with Crippen molar-refractivity contribution in [2.75, 3.05) is 0 Å². The van der Waals surface area contributed by atoms with Crippen LogP contribution in [0.15, 0.2) is 169 Å². The third-order valence-electron chi connectivity index (χ3n) is 7.23. The van der Waals surface area contributed by atoms with Crippen molar-refractivity contribution >= 4 is 32.3 Å². The summed E-state index contributed by atoms with van der Waals surface area (Å²) in [4.78, 5) is 0. The number of rotatable bonds is 4. The first-order chi connectivity index (χ1) is 27.5. The Labute approximate surface area is 268 Å². The van der Waals surface area contributed by atoms with E-state index >= 15 is 0 Å². The van der Waals surface area contributed by atoms with Gasteiger partial charge in [0.1, 0.15) is 0 Å². The Morgan fingerprint density at radius 3 is 1.71 bits per heavy atom. The van der Waals surface area contributed by atoms with Crippen molar-refractivity contribution in [1.29, 1.82) is 0 Å². The number of hydrogen-bond acceptors (Lipinski definition) is 0. The number of benzene rings is 8. The van der Waals surface area contributed by atoms with Gasteiger partial charge in [0.25, 0.3) is 0 Å². The summed E-state index contributed by atoms with van der Waals surface area (Å²) in [5, 5.41) is 1.60. The van der Waals surface area contributed by atoms with E-state index in [0.717, 1.165) is 10.8 Å². The molecule has 0 saturated carbocycles. The normalized spacial score (nSPS) is 16.7. The van der Waals surface area contributed by atoms with E-state index in [-0.39, 0.29) is 32.7 Å². The summed E-state index contributed by atoms with van der Waals surface area (Å²) in [5.41, 5.74) is -1.13. The second kappa shape index (κ2) is 10.2. The van der Waals surface area contributed by atoms with Crippen LogP contribution in [0.3, 0.4) is 0 Å². The molecular weight excluding hydrogens is 504 g/mol. The third-order valence-corrected chi connectivity index (χ3v) is 7.23. The predicted molar refractivity (Wildman–Crippen MR) is 181 cm³/mol. The van der Waals surface area contributed by atoms with Crippen molar-refractivity contribution in [3.8, 4) is 44.5 Å². The maximum Gasteiger partial charge on any atom is 0.0636 e. The fraction of sp³-hybridized carbons (Fsp3) is 0. The zero-order chi connectivity index (χ0) is 41.8. The second-order valence-corrected chi connectivity index (χ2v) is 9.68. The van der Waals surface area contributed by atoms with Crippen LogP contribution in [0.5, 0.6) is 0 Å². The maximum absolute atomic E-state index is 9.97. The molecule has 8 aromatic rings. The van der Waals surface area contributed by atoms with E-state index in [1.165, 1.54) is 0 Å². The molecule has 196 valence electrons. The fourth-order valence-corrected chi connectivity index (χ4v) is 5.34. The quantitative estimate of drug-likeness (QED) is 0.192. The topological polar surface area (TPSA) is 0 Å². The Hall–Kier alpha value is -5.46. The lowest BCUT2D eigenvalue weighted by atomic mass is 9.84. The molecule has 0 nitrogen and oxygen atoms in total. The molecule has 0 aliphatic heterocycles. The molecule has 0 unspecified atom stereocenters. The molecule has 0 radical (unpaired) electrons. The van der Waals surface area contributed by atoms with Gasteiger partial charge < -0.3 is 0 Å². The molecule has 0 heterocycles. The molecule has 0 aromatic heterocycles. The van der Waals surface area contributed by atoms with Crippen LogP contribution in [-0.2, 0) is 0 Å². The molecule has 8 rings (SSSR count). The Kier molecular flexibility index (Phi) is 3.16. The first-order valence-corrected chi connectivity index (χ1v) is 13.2. The molecule has 0 fully saturated rings. The van der Waals surface area contributed by atoms with Crippen LogP contribution < -0.4 is 0 Å². The summed E-state index contributed by atoms with van der Waals surface area (Å²) in [7, 11) is 0. The molecule has 0 aliphatic carbocycles. The highest BCUT2D eigenvalue weighted by Gasteiger charge is 2.17. The van der Waals surface area contributed by atoms with Crippen molar-refractivity contribution in [3.05, 3.63) is 169 Å². The number of fused-ring (bicyclic) bond motifs is 3. The van der Waals surface area contributed by atoms with E-state index in [4.69, 9.17) is 13.7 Å². The molecular formula is C42H28. The van der Waals surface area contributed by atoms with Gasteiger partial charge in [-0.3, -0.25) is 0 Å². The molecule has 0 spiro atoms. The minimum Gasteiger partial charge on any atom is -0.0622 e. The Morgan fingerprint density at radius 2 is 0.929 bits per heavy atom. The summed E-state index contributed by atoms with van der Waals surface area (Å²) < 4.78 is 143. The zero-order valence-electron chi connectivity index (χ0n) is 37.9. The van der Waals surface area contributed by atoms with Crippen LogP contribution in [0.2, 0.25) is 0 Å². The highest BCUT2D eigenvalue weighted by atomic mass is 14.2. The SMILES string of the molecule is [2H]c1c([2H])c([2H])c(-c2c([2H])c([2H])c([2H])c(-c3c([2H])c([2H])c4c(-c5ccccc5)c5c([2H])c([2H])c([2H])c([2H])c5c(-c5ccc6ccccc6c5)c4c3[2H])c2[2H])c([2H])c1[2H]. The minimum absolute atomic E-state index is 0.0160. The molecule has 8 aromatic carbocycles. The summed E-state index contributed by atoms with van der Waals surface area (Å²) >= 11 is 0. The van der Waals surface area contributed by atoms with Crippen LogP contribution in [0.25, 0.3) is 76.8 Å². The van der Waals surface area contributed by atoms with Crippen molar-refractivity contribution < 1.29 is 21.9 Å². The third kappa shape index (κ3) is 4.17. The van der Waals surface area contributed by atoms with Gasteiger partial charge in [0.15, 0.2) is 0 Å². The lowest BCUT2D eigenvalue weighted by Crippen LogP contribution is -1.92. The smallest absolute Gasteiger partial charge is 0.0622 e. The Bertz CT molecular complexity index is 3090. The van der Waals surface area contributed by atoms with E-state index < -0.39 is 119 Å². The molecule has 0 heteroatoms. The molecule has 0 aliphatic rings. The van der Waals surface area contributed by atoms with E-state index in [9.17, 15) is 8.22 Å². The van der Waals surface area contributed by atoms with Gasteiger partial charge in [0.05, 0.1) is 21.9 Å². The molecule has 0 amide bonds. The summed E-state index contributed by atoms with van der Waals surface area (Å²) in [6.45, 7) is 0. The first kappa shape index (κ1) is 13.0. The second-order valence-electron chi connectivity index (χ2n) is 9.68. The molecule has 42 heavy (non-hydrogen) atoms. The van der Waals surface area contributed by atoms with Crippen LogP contribution in [0, 0.1) is 0 Å². The molecule has 0 atom stereocenters. The average molecular weight is 549 g/mol. The fourth-order valence-electron chi connectivity index (χ4n) is 5.34. The van der Waals surface area contributed by atoms with Gasteiger partial charge in [-0.25, -0.2) is 0 Å². The van der Waals surface area contributed by atoms with Gasteiger partial charge in [0, 0.05) is 0 Å². The van der Waals surface area contributed by atoms with Gasteiger partial charge in [-0.2, -0.15) is 0 Å². The lowest BCUT2D eigenvalue weighted by Gasteiger charge is -2.19. The Morgan fingerprint density at radius 1 is 0.333 bits per heavy atom. The van der Waals surface area contributed by atoms with Crippen LogP contribution in [0.1, 0.15) is 21.9 Å². The largest absolute Gasteiger partial charge is 0.0636 e. The van der Waals surface area contributed by atoms with Crippen molar-refractivity contribution in [1.82, 2.24) is 0 Å². The number of hydrogen-bond donors (Lipinski definition) is 0. The van der Waals surface area contributed by atoms with Crippen LogP contribution in [0.4, 0.5) is 0 Å². The summed E-state index contributed by atoms with van der Waals surface area (Å²) in [6, 6.07) is 10.6. The van der Waals surface area contributed by atoms with Gasteiger partial charge in [-0.1, -0.05) is 151 Å². The standard InChI is InChI=1S/C42H28/c1-3-12-29(13-4-1)33-18-11-19-34(26-33)35-24-25-39-40(28-35)42(36-23-22-30-14-7-8-17-32(30)27-36)38-21-10-9-20-37(38)41(39)31-15-5-2-6-16-31/h1-28H/i1D,3D,4D,9D,10D,11D,12D,13D,18D,19D,20D,21D,24D,25D,26D,28D. The summed E-state index contributed by atoms with van der Waals surface area (Å²) in [6.07, 6.45) is 0. The van der Waals surface area contributed by atoms with E-state index in [1.54, 1.807) is 48.5 Å². The highest BCUT2D eigenvalue weighted by Crippen LogP contribution is 2.45. The van der Waals surface area contributed by atoms with Crippen molar-refractivity contribution in [3.63, 3.8) is 0 Å². The Balaban J connectivity index is 1.66. The molecule has 0 N–H and O–H groups in total. The van der Waals surface area contributed by atoms with Gasteiger partial charge in [0.2, 0.25) is 0 Å². The molecule has 0 bridgehead atoms. The average Bonchev–Trinajstić information content (AvgIpc) is 3.23. The minimum atomic E-state index is -0.814. The first-order valence-electron chi connectivity index (χ1n) is 21.2. The lowest BCUT2D eigenvalue weighted by molar-refractivity contribution is 1.60.